The summed E-state index contributed by atoms with van der Waals surface area (Å²) in [6, 6.07) is 12.2. The number of nitrogens with one attached hydrogen (secondary N) is 1. The number of halogens is 1. The number of amides is 2. The van der Waals surface area contributed by atoms with Gasteiger partial charge in [-0.25, -0.2) is 0 Å². The lowest BCUT2D eigenvalue weighted by molar-refractivity contribution is -0.274. The molecule has 0 saturated carbocycles. The third-order valence-corrected chi connectivity index (χ3v) is 10.0. The van der Waals surface area contributed by atoms with E-state index in [4.69, 9.17) is 36.3 Å². The van der Waals surface area contributed by atoms with Crippen LogP contribution in [0.2, 0.25) is 5.02 Å². The quantitative estimate of drug-likeness (QED) is 0.175. The number of benzene rings is 3. The number of hydrogen-bond donors (Lipinski definition) is 5. The largest absolute Gasteiger partial charge is 0.391 e. The number of imide groups is 1. The molecule has 8 rings (SSSR count). The third-order valence-electron chi connectivity index (χ3n) is 9.74. The number of nitrogens with two attached hydrogens (primary N) is 1. The molecule has 3 aromatic carbocycles. The molecule has 0 aliphatic carbocycles. The monoisotopic (exact) mass is 664 g/mol. The lowest BCUT2D eigenvalue weighted by atomic mass is 9.96. The van der Waals surface area contributed by atoms with Gasteiger partial charge < -0.3 is 49.6 Å². The zero-order valence-corrected chi connectivity index (χ0v) is 26.2. The number of hydrogen-bond acceptors (Lipinski definition) is 10. The number of carbonyl (C=O) groups is 2. The van der Waals surface area contributed by atoms with Crippen molar-refractivity contribution >= 4 is 67.0 Å². The van der Waals surface area contributed by atoms with Gasteiger partial charge in [0.1, 0.15) is 24.4 Å². The number of H-pyrrole nitrogens is 1. The first-order valence-corrected chi connectivity index (χ1v) is 15.7. The second-order valence-corrected chi connectivity index (χ2v) is 12.8. The summed E-state index contributed by atoms with van der Waals surface area (Å²) in [5.41, 5.74) is 8.54. The average molecular weight is 665 g/mol. The minimum absolute atomic E-state index is 0.107. The highest BCUT2D eigenvalue weighted by Gasteiger charge is 2.48. The molecule has 0 unspecified atom stereocenters. The van der Waals surface area contributed by atoms with E-state index >= 15 is 0 Å². The van der Waals surface area contributed by atoms with Crippen LogP contribution in [-0.2, 0) is 18.9 Å². The standard InChI is InChI=1S/C33H33ClN4O9/c1-37-31(42)23-21-13-6-3-4-9-17(13)36-25(21)27-22(24(23)32(37)43)14-7-5-8-15(34)26(14)38(27)33-29(41)28(40)30(44-2)19(47-33)12-46-20-10-18(39)16(35)11-45-20/h3-9,16,18-20,28-30,33,36,39-41H,10-12,35H2,1-2H3/t16-,18-,19+,20-,28+,29+,30+,33+/m0/s1. The fraction of sp³-hybridized carbons (Fsp3) is 0.394. The van der Waals surface area contributed by atoms with E-state index in [-0.39, 0.29) is 30.8 Å². The number of aliphatic hydroxyl groups excluding tert-OH is 3. The van der Waals surface area contributed by atoms with Crippen molar-refractivity contribution in [1.82, 2.24) is 14.5 Å². The first-order valence-electron chi connectivity index (χ1n) is 15.3. The molecular weight excluding hydrogens is 632 g/mol. The molecule has 8 atom stereocenters. The Morgan fingerprint density at radius 2 is 1.72 bits per heavy atom. The molecule has 13 nitrogen and oxygen atoms in total. The second kappa shape index (κ2) is 11.2. The van der Waals surface area contributed by atoms with Crippen LogP contribution in [0, 0.1) is 0 Å². The number of para-hydroxylation sites is 2. The maximum absolute atomic E-state index is 13.8. The van der Waals surface area contributed by atoms with Crippen molar-refractivity contribution in [3.8, 4) is 0 Å². The number of fused-ring (bicyclic) bond motifs is 10. The van der Waals surface area contributed by atoms with E-state index in [9.17, 15) is 24.9 Å². The number of rotatable bonds is 5. The van der Waals surface area contributed by atoms with E-state index in [1.165, 1.54) is 14.2 Å². The summed E-state index contributed by atoms with van der Waals surface area (Å²) in [5, 5.41) is 36.0. The van der Waals surface area contributed by atoms with Gasteiger partial charge >= 0.3 is 0 Å². The maximum atomic E-state index is 13.8. The van der Waals surface area contributed by atoms with Crippen molar-refractivity contribution in [2.75, 3.05) is 27.4 Å². The Morgan fingerprint density at radius 1 is 1.00 bits per heavy atom. The molecule has 47 heavy (non-hydrogen) atoms. The summed E-state index contributed by atoms with van der Waals surface area (Å²) >= 11 is 6.90. The van der Waals surface area contributed by atoms with Crippen LogP contribution in [0.15, 0.2) is 42.5 Å². The van der Waals surface area contributed by atoms with Gasteiger partial charge in [-0.05, 0) is 12.1 Å². The van der Waals surface area contributed by atoms with E-state index in [1.807, 2.05) is 24.3 Å². The molecule has 5 aromatic rings. The second-order valence-electron chi connectivity index (χ2n) is 12.4. The van der Waals surface area contributed by atoms with E-state index < -0.39 is 60.9 Å². The van der Waals surface area contributed by atoms with E-state index in [2.05, 4.69) is 4.98 Å². The van der Waals surface area contributed by atoms with Crippen LogP contribution in [0.4, 0.5) is 0 Å². The van der Waals surface area contributed by atoms with Crippen molar-refractivity contribution in [3.63, 3.8) is 0 Å². The highest BCUT2D eigenvalue weighted by molar-refractivity contribution is 6.41. The van der Waals surface area contributed by atoms with Crippen molar-refractivity contribution in [3.05, 3.63) is 58.6 Å². The molecule has 6 N–H and O–H groups in total. The Morgan fingerprint density at radius 3 is 2.47 bits per heavy atom. The van der Waals surface area contributed by atoms with Gasteiger partial charge in [0.15, 0.2) is 12.5 Å². The molecule has 0 bridgehead atoms. The number of ether oxygens (including phenoxy) is 4. The normalized spacial score (nSPS) is 30.0. The van der Waals surface area contributed by atoms with E-state index in [0.29, 0.717) is 37.7 Å². The zero-order chi connectivity index (χ0) is 32.9. The van der Waals surface area contributed by atoms with Gasteiger partial charge in [0.05, 0.1) is 58.1 Å². The molecule has 246 valence electrons. The van der Waals surface area contributed by atoms with Gasteiger partial charge in [-0.15, -0.1) is 0 Å². The van der Waals surface area contributed by atoms with Crippen LogP contribution < -0.4 is 5.73 Å². The number of aromatic nitrogens is 2. The van der Waals surface area contributed by atoms with Gasteiger partial charge in [-0.1, -0.05) is 41.9 Å². The number of carbonyl (C=O) groups excluding carboxylic acids is 2. The Hall–Kier alpha value is -3.63. The van der Waals surface area contributed by atoms with Gasteiger partial charge in [-0.3, -0.25) is 14.5 Å². The highest BCUT2D eigenvalue weighted by atomic mass is 35.5. The van der Waals surface area contributed by atoms with Gasteiger partial charge in [-0.2, -0.15) is 0 Å². The third kappa shape index (κ3) is 4.39. The summed E-state index contributed by atoms with van der Waals surface area (Å²) < 4.78 is 25.4. The smallest absolute Gasteiger partial charge is 0.262 e. The summed E-state index contributed by atoms with van der Waals surface area (Å²) in [7, 11) is 2.84. The number of methoxy groups -OCH3 is 1. The van der Waals surface area contributed by atoms with Crippen LogP contribution in [0.5, 0.6) is 0 Å². The molecule has 2 amide bonds. The first-order chi connectivity index (χ1) is 22.6. The van der Waals surface area contributed by atoms with Gasteiger partial charge in [0, 0.05) is 47.6 Å². The fourth-order valence-electron chi connectivity index (χ4n) is 7.41. The Bertz CT molecular complexity index is 2100. The number of nitrogens with zero attached hydrogens (tertiary/aromatic N) is 2. The van der Waals surface area contributed by atoms with E-state index in [0.717, 1.165) is 15.8 Å². The van der Waals surface area contributed by atoms with Crippen molar-refractivity contribution in [2.24, 2.45) is 5.73 Å². The molecule has 0 radical (unpaired) electrons. The van der Waals surface area contributed by atoms with Crippen LogP contribution >= 0.6 is 11.6 Å². The van der Waals surface area contributed by atoms with Gasteiger partial charge in [0.2, 0.25) is 0 Å². The lowest BCUT2D eigenvalue weighted by Crippen LogP contribution is -2.58. The van der Waals surface area contributed by atoms with Crippen LogP contribution in [-0.4, -0.2) is 112 Å². The van der Waals surface area contributed by atoms with Crippen molar-refractivity contribution < 1.29 is 43.9 Å². The molecule has 3 aliphatic rings. The number of aromatic amines is 1. The van der Waals surface area contributed by atoms with Crippen LogP contribution in [0.3, 0.4) is 0 Å². The molecule has 14 heteroatoms. The Labute approximate surface area is 272 Å². The molecule has 2 fully saturated rings. The minimum Gasteiger partial charge on any atom is -0.391 e. The summed E-state index contributed by atoms with van der Waals surface area (Å²) in [5.74, 6) is -0.892. The number of aliphatic hydroxyl groups is 3. The maximum Gasteiger partial charge on any atom is 0.262 e. The molecule has 5 heterocycles. The molecule has 3 aliphatic heterocycles. The lowest BCUT2D eigenvalue weighted by Gasteiger charge is -2.43. The van der Waals surface area contributed by atoms with Crippen LogP contribution in [0.1, 0.15) is 33.4 Å². The fourth-order valence-corrected chi connectivity index (χ4v) is 7.67. The Kier molecular flexibility index (Phi) is 7.33. The predicted octanol–water partition coefficient (Wildman–Crippen LogP) is 2.39. The summed E-state index contributed by atoms with van der Waals surface area (Å²) in [4.78, 5) is 32.0. The minimum atomic E-state index is -1.52. The molecular formula is C33H33ClN4O9. The van der Waals surface area contributed by atoms with Gasteiger partial charge in [0.25, 0.3) is 11.8 Å². The molecule has 2 saturated heterocycles. The van der Waals surface area contributed by atoms with Crippen molar-refractivity contribution in [2.45, 2.75) is 55.5 Å². The predicted molar refractivity (Wildman–Crippen MR) is 171 cm³/mol. The Balaban J connectivity index is 1.36. The molecule has 2 aromatic heterocycles. The SMILES string of the molecule is CO[C@H]1[C@H](O)[C@@H](O)[C@H](n2c3c(Cl)cccc3c3c4c(c5c6ccccc6[nH]c5c32)C(=O)N(C)C4=O)O[C@@H]1CO[C@H]1C[C@H](O)[C@@H](N)CO1. The van der Waals surface area contributed by atoms with Crippen LogP contribution in [0.25, 0.3) is 43.6 Å². The van der Waals surface area contributed by atoms with E-state index in [1.54, 1.807) is 22.8 Å². The highest BCUT2D eigenvalue weighted by Crippen LogP contribution is 2.48. The first kappa shape index (κ1) is 30.7. The summed E-state index contributed by atoms with van der Waals surface area (Å²) in [6.45, 7) is -0.0125. The molecule has 0 spiro atoms. The van der Waals surface area contributed by atoms with Crippen molar-refractivity contribution in [1.29, 1.82) is 0 Å². The zero-order valence-electron chi connectivity index (χ0n) is 25.4. The average Bonchev–Trinajstić information content (AvgIpc) is 3.68. The summed E-state index contributed by atoms with van der Waals surface area (Å²) in [6.07, 6.45) is -7.57. The topological polar surface area (TPSA) is 182 Å².